The number of pyridine rings is 1. The van der Waals surface area contributed by atoms with Crippen molar-refractivity contribution in [1.29, 1.82) is 5.26 Å². The number of esters is 1. The number of aromatic nitrogens is 5. The summed E-state index contributed by atoms with van der Waals surface area (Å²) in [5, 5.41) is 17.4. The predicted molar refractivity (Wildman–Crippen MR) is 156 cm³/mol. The molecule has 1 aromatic carbocycles. The number of halogens is 2. The number of hydrogen-bond acceptors (Lipinski definition) is 10. The summed E-state index contributed by atoms with van der Waals surface area (Å²) in [6.45, 7) is 5.45. The highest BCUT2D eigenvalue weighted by atomic mass is 35.5. The Morgan fingerprint density at radius 2 is 1.98 bits per heavy atom. The Balaban J connectivity index is 2.10. The van der Waals surface area contributed by atoms with Gasteiger partial charge in [0.2, 0.25) is 5.88 Å². The minimum Gasteiger partial charge on any atom is -0.479 e. The fourth-order valence-electron chi connectivity index (χ4n) is 4.61. The lowest BCUT2D eigenvalue weighted by molar-refractivity contribution is 0.0517. The van der Waals surface area contributed by atoms with Gasteiger partial charge >= 0.3 is 12.0 Å². The molecule has 4 aromatic rings. The zero-order valence-electron chi connectivity index (χ0n) is 24.3. The van der Waals surface area contributed by atoms with Gasteiger partial charge in [0.05, 0.1) is 49.3 Å². The van der Waals surface area contributed by atoms with Crippen molar-refractivity contribution < 1.29 is 23.4 Å². The minimum absolute atomic E-state index is 0.0501. The second-order valence-corrected chi connectivity index (χ2v) is 10.0. The molecule has 0 saturated heterocycles. The Bertz CT molecular complexity index is 1780. The first-order valence-electron chi connectivity index (χ1n) is 13.1. The molecular formula is C29H29ClFN7O5. The molecule has 0 bridgehead atoms. The van der Waals surface area contributed by atoms with Crippen molar-refractivity contribution in [2.75, 3.05) is 26.1 Å². The van der Waals surface area contributed by atoms with E-state index in [2.05, 4.69) is 20.4 Å². The number of methoxy groups -OCH3 is 2. The van der Waals surface area contributed by atoms with Crippen LogP contribution >= 0.6 is 11.6 Å². The Hall–Kier alpha value is -4.96. The molecule has 0 amide bonds. The van der Waals surface area contributed by atoms with Crippen molar-refractivity contribution in [1.82, 2.24) is 24.3 Å². The summed E-state index contributed by atoms with van der Waals surface area (Å²) in [6.07, 6.45) is 2.88. The molecule has 0 aliphatic carbocycles. The Labute approximate surface area is 251 Å². The van der Waals surface area contributed by atoms with Gasteiger partial charge in [0.25, 0.3) is 5.56 Å². The van der Waals surface area contributed by atoms with Gasteiger partial charge in [0.1, 0.15) is 23.3 Å². The van der Waals surface area contributed by atoms with Crippen LogP contribution in [-0.4, -0.2) is 51.1 Å². The molecule has 224 valence electrons. The number of carbonyl (C=O) groups excluding carboxylic acids is 1. The van der Waals surface area contributed by atoms with Crippen molar-refractivity contribution in [3.8, 4) is 23.6 Å². The van der Waals surface area contributed by atoms with Crippen LogP contribution in [0.2, 0.25) is 5.02 Å². The summed E-state index contributed by atoms with van der Waals surface area (Å²) in [5.74, 6) is -1.75. The third-order valence-electron chi connectivity index (χ3n) is 6.48. The zero-order chi connectivity index (χ0) is 31.4. The van der Waals surface area contributed by atoms with Gasteiger partial charge in [-0.15, -0.1) is 0 Å². The highest BCUT2D eigenvalue weighted by Gasteiger charge is 2.34. The summed E-state index contributed by atoms with van der Waals surface area (Å²) in [5.41, 5.74) is 0.720. The lowest BCUT2D eigenvalue weighted by Crippen LogP contribution is -2.25. The van der Waals surface area contributed by atoms with Crippen LogP contribution in [0.4, 0.5) is 10.1 Å². The number of ether oxygens (including phenoxy) is 3. The SMILES string of the molecule is CCOC(=O)c1nn(-c2cnc(OC)nc2OC)c(C(C)C)c1C(Nc1cc(Cl)cn(C)c1=O)c1ccc(C#N)c(F)c1. The van der Waals surface area contributed by atoms with E-state index in [1.807, 2.05) is 13.8 Å². The van der Waals surface area contributed by atoms with Gasteiger partial charge in [-0.25, -0.2) is 18.9 Å². The van der Waals surface area contributed by atoms with E-state index in [0.29, 0.717) is 11.3 Å². The predicted octanol–water partition coefficient (Wildman–Crippen LogP) is 4.54. The van der Waals surface area contributed by atoms with Crippen molar-refractivity contribution >= 4 is 23.3 Å². The van der Waals surface area contributed by atoms with Crippen LogP contribution in [0, 0.1) is 17.1 Å². The largest absolute Gasteiger partial charge is 0.479 e. The molecule has 3 aromatic heterocycles. The maximum absolute atomic E-state index is 15.1. The maximum atomic E-state index is 15.1. The number of nitrogens with zero attached hydrogens (tertiary/aromatic N) is 6. The van der Waals surface area contributed by atoms with Crippen LogP contribution in [0.15, 0.2) is 41.5 Å². The van der Waals surface area contributed by atoms with Crippen LogP contribution in [0.3, 0.4) is 0 Å². The Kier molecular flexibility index (Phi) is 9.30. The molecule has 0 aliphatic rings. The number of nitrogens with one attached hydrogen (secondary N) is 1. The van der Waals surface area contributed by atoms with Gasteiger partial charge in [-0.1, -0.05) is 31.5 Å². The van der Waals surface area contributed by atoms with E-state index in [1.165, 1.54) is 67.2 Å². The first-order valence-corrected chi connectivity index (χ1v) is 13.5. The van der Waals surface area contributed by atoms with Gasteiger partial charge < -0.3 is 24.1 Å². The van der Waals surface area contributed by atoms with Crippen LogP contribution in [0.1, 0.15) is 65.6 Å². The Morgan fingerprint density at radius 1 is 1.23 bits per heavy atom. The standard InChI is InChI=1S/C29H29ClFN7O5/c1-7-43-28(40)24-22(25(15(2)3)38(36-24)21-13-33-29(42-6)35-26(21)41-5)23(16-8-9-17(12-32)19(31)10-16)34-20-11-18(30)14-37(4)27(20)39/h8-11,13-15,23,34H,7H2,1-6H3. The number of hydrogen-bond donors (Lipinski definition) is 1. The molecule has 0 aliphatic heterocycles. The molecule has 14 heteroatoms. The molecule has 1 N–H and O–H groups in total. The fraction of sp³-hybridized carbons (Fsp3) is 0.310. The number of anilines is 1. The maximum Gasteiger partial charge on any atom is 0.359 e. The topological polar surface area (TPSA) is 146 Å². The van der Waals surface area contributed by atoms with E-state index in [4.69, 9.17) is 25.8 Å². The highest BCUT2D eigenvalue weighted by Crippen LogP contribution is 2.38. The molecule has 0 saturated carbocycles. The first kappa shape index (κ1) is 31.0. The molecule has 12 nitrogen and oxygen atoms in total. The normalized spacial score (nSPS) is 11.6. The van der Waals surface area contributed by atoms with Crippen LogP contribution < -0.4 is 20.3 Å². The number of aryl methyl sites for hydroxylation is 1. The van der Waals surface area contributed by atoms with Crippen LogP contribution in [0.25, 0.3) is 5.69 Å². The summed E-state index contributed by atoms with van der Waals surface area (Å²) >= 11 is 6.28. The van der Waals surface area contributed by atoms with E-state index in [-0.39, 0.29) is 57.6 Å². The second kappa shape index (κ2) is 12.9. The zero-order valence-corrected chi connectivity index (χ0v) is 25.1. The molecular weight excluding hydrogens is 581 g/mol. The lowest BCUT2D eigenvalue weighted by Gasteiger charge is -2.24. The second-order valence-electron chi connectivity index (χ2n) is 9.60. The van der Waals surface area contributed by atoms with Crippen molar-refractivity contribution in [2.24, 2.45) is 7.05 Å². The molecule has 4 rings (SSSR count). The summed E-state index contributed by atoms with van der Waals surface area (Å²) < 4.78 is 33.8. The van der Waals surface area contributed by atoms with Crippen LogP contribution in [0.5, 0.6) is 11.9 Å². The van der Waals surface area contributed by atoms with Crippen molar-refractivity contribution in [3.05, 3.63) is 85.9 Å². The molecule has 0 spiro atoms. The fourth-order valence-corrected chi connectivity index (χ4v) is 4.86. The van der Waals surface area contributed by atoms with Gasteiger partial charge in [-0.05, 0) is 36.6 Å². The van der Waals surface area contributed by atoms with Gasteiger partial charge in [-0.2, -0.15) is 15.3 Å². The average molecular weight is 610 g/mol. The summed E-state index contributed by atoms with van der Waals surface area (Å²) in [7, 11) is 4.36. The number of carbonyl (C=O) groups is 1. The van der Waals surface area contributed by atoms with E-state index < -0.39 is 23.4 Å². The third-order valence-corrected chi connectivity index (χ3v) is 6.68. The van der Waals surface area contributed by atoms with E-state index in [0.717, 1.165) is 0 Å². The van der Waals surface area contributed by atoms with Gasteiger partial charge in [0, 0.05) is 18.8 Å². The molecule has 1 unspecified atom stereocenters. The quantitative estimate of drug-likeness (QED) is 0.254. The van der Waals surface area contributed by atoms with Crippen molar-refractivity contribution in [3.63, 3.8) is 0 Å². The van der Waals surface area contributed by atoms with E-state index in [1.54, 1.807) is 13.0 Å². The molecule has 1 atom stereocenters. The minimum atomic E-state index is -1.05. The molecule has 3 heterocycles. The average Bonchev–Trinajstić information content (AvgIpc) is 3.38. The van der Waals surface area contributed by atoms with Crippen molar-refractivity contribution in [2.45, 2.75) is 32.7 Å². The number of benzene rings is 1. The summed E-state index contributed by atoms with van der Waals surface area (Å²) in [4.78, 5) is 35.1. The number of rotatable bonds is 10. The van der Waals surface area contributed by atoms with Gasteiger partial charge in [0.15, 0.2) is 5.69 Å². The molecule has 43 heavy (non-hydrogen) atoms. The first-order chi connectivity index (χ1) is 20.5. The van der Waals surface area contributed by atoms with E-state index in [9.17, 15) is 14.9 Å². The third kappa shape index (κ3) is 6.14. The smallest absolute Gasteiger partial charge is 0.359 e. The Morgan fingerprint density at radius 3 is 2.58 bits per heavy atom. The van der Waals surface area contributed by atoms with E-state index >= 15 is 4.39 Å². The molecule has 0 radical (unpaired) electrons. The monoisotopic (exact) mass is 609 g/mol. The molecule has 0 fully saturated rings. The van der Waals surface area contributed by atoms with Crippen LogP contribution in [-0.2, 0) is 11.8 Å². The summed E-state index contributed by atoms with van der Waals surface area (Å²) in [6, 6.07) is 6.25. The number of nitriles is 1. The highest BCUT2D eigenvalue weighted by molar-refractivity contribution is 6.30. The van der Waals surface area contributed by atoms with Gasteiger partial charge in [-0.3, -0.25) is 4.79 Å². The lowest BCUT2D eigenvalue weighted by atomic mass is 9.91.